The molecule has 1 unspecified atom stereocenters. The maximum absolute atomic E-state index is 5.99. The lowest BCUT2D eigenvalue weighted by atomic mass is 10.1. The number of aryl methyl sites for hydroxylation is 1. The van der Waals surface area contributed by atoms with Gasteiger partial charge in [0.1, 0.15) is 5.75 Å². The SMILES string of the molecule is CC(N)Cc1ccc(Cl)cc1Oc1cnn(C)c1. The highest BCUT2D eigenvalue weighted by Crippen LogP contribution is 2.28. The maximum atomic E-state index is 5.99. The molecule has 96 valence electrons. The van der Waals surface area contributed by atoms with Gasteiger partial charge in [-0.05, 0) is 31.0 Å². The van der Waals surface area contributed by atoms with Crippen LogP contribution in [0.25, 0.3) is 0 Å². The Bertz CT molecular complexity index is 537. The number of halogens is 1. The second-order valence-corrected chi connectivity index (χ2v) is 4.82. The first-order chi connectivity index (χ1) is 8.54. The molecule has 1 heterocycles. The van der Waals surface area contributed by atoms with E-state index in [9.17, 15) is 0 Å². The first-order valence-corrected chi connectivity index (χ1v) is 6.13. The van der Waals surface area contributed by atoms with Crippen molar-refractivity contribution in [3.8, 4) is 11.5 Å². The standard InChI is InChI=1S/C13H16ClN3O/c1-9(15)5-10-3-4-11(14)6-13(10)18-12-7-16-17(2)8-12/h3-4,6-9H,5,15H2,1-2H3. The minimum Gasteiger partial charge on any atom is -0.454 e. The number of rotatable bonds is 4. The molecule has 0 amide bonds. The van der Waals surface area contributed by atoms with Gasteiger partial charge in [0.25, 0.3) is 0 Å². The minimum atomic E-state index is 0.0717. The zero-order valence-corrected chi connectivity index (χ0v) is 11.2. The van der Waals surface area contributed by atoms with Crippen molar-refractivity contribution < 1.29 is 4.74 Å². The van der Waals surface area contributed by atoms with E-state index in [1.165, 1.54) is 0 Å². The summed E-state index contributed by atoms with van der Waals surface area (Å²) in [5.74, 6) is 1.42. The van der Waals surface area contributed by atoms with Crippen LogP contribution in [0.5, 0.6) is 11.5 Å². The molecule has 1 atom stereocenters. The van der Waals surface area contributed by atoms with E-state index >= 15 is 0 Å². The molecule has 1 aromatic carbocycles. The highest BCUT2D eigenvalue weighted by molar-refractivity contribution is 6.30. The molecule has 0 saturated heterocycles. The topological polar surface area (TPSA) is 53.1 Å². The zero-order chi connectivity index (χ0) is 13.1. The number of ether oxygens (including phenoxy) is 1. The number of hydrogen-bond donors (Lipinski definition) is 1. The number of nitrogens with zero attached hydrogens (tertiary/aromatic N) is 2. The van der Waals surface area contributed by atoms with Crippen LogP contribution in [0.1, 0.15) is 12.5 Å². The lowest BCUT2D eigenvalue weighted by molar-refractivity contribution is 0.473. The normalized spacial score (nSPS) is 12.4. The molecular weight excluding hydrogens is 250 g/mol. The Morgan fingerprint density at radius 1 is 1.50 bits per heavy atom. The monoisotopic (exact) mass is 265 g/mol. The Labute approximate surface area is 111 Å². The second kappa shape index (κ2) is 5.42. The van der Waals surface area contributed by atoms with Crippen molar-refractivity contribution in [2.45, 2.75) is 19.4 Å². The van der Waals surface area contributed by atoms with E-state index < -0.39 is 0 Å². The summed E-state index contributed by atoms with van der Waals surface area (Å²) >= 11 is 5.99. The molecule has 0 aliphatic rings. The fourth-order valence-electron chi connectivity index (χ4n) is 1.72. The van der Waals surface area contributed by atoms with Crippen molar-refractivity contribution in [1.29, 1.82) is 0 Å². The van der Waals surface area contributed by atoms with E-state index in [2.05, 4.69) is 5.10 Å². The van der Waals surface area contributed by atoms with Crippen LogP contribution in [0, 0.1) is 0 Å². The first-order valence-electron chi connectivity index (χ1n) is 5.75. The van der Waals surface area contributed by atoms with Crippen LogP contribution in [0.15, 0.2) is 30.6 Å². The van der Waals surface area contributed by atoms with Gasteiger partial charge in [-0.25, -0.2) is 0 Å². The van der Waals surface area contributed by atoms with Crippen LogP contribution >= 0.6 is 11.6 Å². The van der Waals surface area contributed by atoms with E-state index in [0.717, 1.165) is 17.7 Å². The van der Waals surface area contributed by atoms with Gasteiger partial charge in [0.05, 0.1) is 12.4 Å². The van der Waals surface area contributed by atoms with Crippen molar-refractivity contribution in [3.05, 3.63) is 41.2 Å². The van der Waals surface area contributed by atoms with Gasteiger partial charge in [0.2, 0.25) is 0 Å². The van der Waals surface area contributed by atoms with E-state index in [1.54, 1.807) is 23.1 Å². The average Bonchev–Trinajstić information content (AvgIpc) is 2.67. The third kappa shape index (κ3) is 3.24. The summed E-state index contributed by atoms with van der Waals surface area (Å²) < 4.78 is 7.47. The Morgan fingerprint density at radius 3 is 2.89 bits per heavy atom. The Morgan fingerprint density at radius 2 is 2.28 bits per heavy atom. The molecule has 0 spiro atoms. The van der Waals surface area contributed by atoms with Crippen molar-refractivity contribution in [2.24, 2.45) is 12.8 Å². The Hall–Kier alpha value is -1.52. The predicted octanol–water partition coefficient (Wildman–Crippen LogP) is 2.76. The third-order valence-electron chi connectivity index (χ3n) is 2.48. The summed E-state index contributed by atoms with van der Waals surface area (Å²) in [4.78, 5) is 0. The summed E-state index contributed by atoms with van der Waals surface area (Å²) in [7, 11) is 1.84. The first kappa shape index (κ1) is 12.9. The molecule has 4 nitrogen and oxygen atoms in total. The van der Waals surface area contributed by atoms with Gasteiger partial charge in [-0.1, -0.05) is 17.7 Å². The van der Waals surface area contributed by atoms with Gasteiger partial charge >= 0.3 is 0 Å². The number of hydrogen-bond acceptors (Lipinski definition) is 3. The lowest BCUT2D eigenvalue weighted by Crippen LogP contribution is -2.18. The molecule has 0 aliphatic carbocycles. The molecule has 0 saturated carbocycles. The van der Waals surface area contributed by atoms with Gasteiger partial charge in [0, 0.05) is 18.1 Å². The number of aromatic nitrogens is 2. The molecular formula is C13H16ClN3O. The van der Waals surface area contributed by atoms with E-state index in [-0.39, 0.29) is 6.04 Å². The Kier molecular flexibility index (Phi) is 3.89. The van der Waals surface area contributed by atoms with E-state index in [4.69, 9.17) is 22.1 Å². The van der Waals surface area contributed by atoms with Crippen LogP contribution < -0.4 is 10.5 Å². The van der Waals surface area contributed by atoms with Crippen LogP contribution in [0.3, 0.4) is 0 Å². The molecule has 0 aliphatic heterocycles. The van der Waals surface area contributed by atoms with Crippen molar-refractivity contribution in [2.75, 3.05) is 0 Å². The molecule has 1 aromatic heterocycles. The van der Waals surface area contributed by atoms with Gasteiger partial charge in [-0.15, -0.1) is 0 Å². The molecule has 5 heteroatoms. The van der Waals surface area contributed by atoms with Crippen LogP contribution in [-0.2, 0) is 13.5 Å². The maximum Gasteiger partial charge on any atom is 0.165 e. The second-order valence-electron chi connectivity index (χ2n) is 4.39. The smallest absolute Gasteiger partial charge is 0.165 e. The predicted molar refractivity (Wildman–Crippen MR) is 72.1 cm³/mol. The summed E-state index contributed by atoms with van der Waals surface area (Å²) in [5, 5.41) is 4.70. The van der Waals surface area contributed by atoms with Gasteiger partial charge < -0.3 is 10.5 Å². The highest BCUT2D eigenvalue weighted by Gasteiger charge is 2.09. The zero-order valence-electron chi connectivity index (χ0n) is 10.4. The number of nitrogens with two attached hydrogens (primary N) is 1. The Balaban J connectivity index is 2.27. The van der Waals surface area contributed by atoms with Crippen LogP contribution in [-0.4, -0.2) is 15.8 Å². The quantitative estimate of drug-likeness (QED) is 0.925. The van der Waals surface area contributed by atoms with Gasteiger partial charge in [0.15, 0.2) is 5.75 Å². The minimum absolute atomic E-state index is 0.0717. The van der Waals surface area contributed by atoms with Crippen molar-refractivity contribution >= 4 is 11.6 Å². The summed E-state index contributed by atoms with van der Waals surface area (Å²) in [6.45, 7) is 1.96. The molecule has 0 radical (unpaired) electrons. The van der Waals surface area contributed by atoms with Crippen molar-refractivity contribution in [1.82, 2.24) is 9.78 Å². The molecule has 2 rings (SSSR count). The highest BCUT2D eigenvalue weighted by atomic mass is 35.5. The summed E-state index contributed by atoms with van der Waals surface area (Å²) in [6, 6.07) is 5.65. The lowest BCUT2D eigenvalue weighted by Gasteiger charge is -2.12. The van der Waals surface area contributed by atoms with Crippen LogP contribution in [0.2, 0.25) is 5.02 Å². The summed E-state index contributed by atoms with van der Waals surface area (Å²) in [5.41, 5.74) is 6.86. The molecule has 0 bridgehead atoms. The number of benzene rings is 1. The van der Waals surface area contributed by atoms with Crippen molar-refractivity contribution in [3.63, 3.8) is 0 Å². The van der Waals surface area contributed by atoms with Gasteiger partial charge in [-0.3, -0.25) is 4.68 Å². The largest absolute Gasteiger partial charge is 0.454 e. The third-order valence-corrected chi connectivity index (χ3v) is 2.72. The van der Waals surface area contributed by atoms with Crippen LogP contribution in [0.4, 0.5) is 0 Å². The van der Waals surface area contributed by atoms with E-state index in [1.807, 2.05) is 26.1 Å². The average molecular weight is 266 g/mol. The fourth-order valence-corrected chi connectivity index (χ4v) is 1.88. The summed E-state index contributed by atoms with van der Waals surface area (Å²) in [6.07, 6.45) is 4.21. The molecule has 2 aromatic rings. The van der Waals surface area contributed by atoms with E-state index in [0.29, 0.717) is 10.8 Å². The fraction of sp³-hybridized carbons (Fsp3) is 0.308. The molecule has 2 N–H and O–H groups in total. The van der Waals surface area contributed by atoms with Gasteiger partial charge in [-0.2, -0.15) is 5.10 Å². The molecule has 0 fully saturated rings. The molecule has 18 heavy (non-hydrogen) atoms.